The first kappa shape index (κ1) is 27.1. The number of aliphatic imine (C=N–C) groups is 1. The second kappa shape index (κ2) is 14.1. The molecule has 2 N–H and O–H groups in total. The summed E-state index contributed by atoms with van der Waals surface area (Å²) < 4.78 is 31.8. The fourth-order valence-corrected chi connectivity index (χ4v) is 3.36. The van der Waals surface area contributed by atoms with Gasteiger partial charge in [-0.25, -0.2) is 17.7 Å². The van der Waals surface area contributed by atoms with Crippen LogP contribution in [0.25, 0.3) is 0 Å². The van der Waals surface area contributed by atoms with Crippen LogP contribution >= 0.6 is 24.0 Å². The maximum atomic E-state index is 12.5. The normalized spacial score (nSPS) is 12.2. The second-order valence-electron chi connectivity index (χ2n) is 6.81. The molecule has 162 valence electrons. The number of hydrogen-bond acceptors (Lipinski definition) is 4. The molecule has 0 radical (unpaired) electrons. The minimum Gasteiger partial charge on any atom is -0.380 e. The van der Waals surface area contributed by atoms with Gasteiger partial charge in [-0.1, -0.05) is 32.0 Å². The lowest BCUT2D eigenvalue weighted by Gasteiger charge is -2.15. The third-order valence-corrected chi connectivity index (χ3v) is 5.78. The molecule has 1 aromatic rings. The van der Waals surface area contributed by atoms with Crippen LogP contribution in [0, 0.1) is 5.92 Å². The molecule has 0 saturated heterocycles. The van der Waals surface area contributed by atoms with Crippen molar-refractivity contribution >= 4 is 40.0 Å². The molecular weight excluding hydrogens is 491 g/mol. The number of sulfonamides is 1. The van der Waals surface area contributed by atoms with Crippen LogP contribution in [-0.2, 0) is 21.3 Å². The Morgan fingerprint density at radius 1 is 1.18 bits per heavy atom. The summed E-state index contributed by atoms with van der Waals surface area (Å²) in [5.41, 5.74) is 0.664. The maximum absolute atomic E-state index is 12.5. The molecule has 28 heavy (non-hydrogen) atoms. The zero-order valence-electron chi connectivity index (χ0n) is 17.6. The van der Waals surface area contributed by atoms with Gasteiger partial charge in [-0.3, -0.25) is 0 Å². The number of nitrogens with one attached hydrogen (secondary N) is 2. The fourth-order valence-electron chi connectivity index (χ4n) is 2.25. The first-order chi connectivity index (χ1) is 12.8. The highest BCUT2D eigenvalue weighted by Crippen LogP contribution is 2.19. The van der Waals surface area contributed by atoms with Gasteiger partial charge in [-0.05, 0) is 30.9 Å². The van der Waals surface area contributed by atoms with E-state index in [1.54, 1.807) is 18.2 Å². The number of hydrogen-bond donors (Lipinski definition) is 2. The van der Waals surface area contributed by atoms with E-state index in [9.17, 15) is 8.42 Å². The summed E-state index contributed by atoms with van der Waals surface area (Å²) in [6.45, 7) is 9.32. The summed E-state index contributed by atoms with van der Waals surface area (Å²) in [7, 11) is -0.443. The van der Waals surface area contributed by atoms with Crippen LogP contribution in [0.4, 0.5) is 0 Å². The molecule has 0 atom stereocenters. The van der Waals surface area contributed by atoms with Crippen molar-refractivity contribution in [1.29, 1.82) is 0 Å². The highest BCUT2D eigenvalue weighted by molar-refractivity contribution is 14.0. The maximum Gasteiger partial charge on any atom is 0.242 e. The molecule has 0 amide bonds. The van der Waals surface area contributed by atoms with E-state index in [-0.39, 0.29) is 35.4 Å². The Kier molecular flexibility index (Phi) is 13.7. The van der Waals surface area contributed by atoms with Crippen molar-refractivity contribution in [2.75, 3.05) is 40.4 Å². The van der Waals surface area contributed by atoms with Crippen LogP contribution in [0.1, 0.15) is 32.8 Å². The molecule has 0 aliphatic rings. The highest BCUT2D eigenvalue weighted by atomic mass is 127. The van der Waals surface area contributed by atoms with Gasteiger partial charge in [-0.2, -0.15) is 0 Å². The monoisotopic (exact) mass is 526 g/mol. The van der Waals surface area contributed by atoms with Gasteiger partial charge in [0.2, 0.25) is 10.0 Å². The topological polar surface area (TPSA) is 83.0 Å². The number of ether oxygens (including phenoxy) is 1. The third-order valence-electron chi connectivity index (χ3n) is 3.86. The number of benzene rings is 1. The predicted octanol–water partition coefficient (Wildman–Crippen LogP) is 2.67. The van der Waals surface area contributed by atoms with Gasteiger partial charge >= 0.3 is 0 Å². The van der Waals surface area contributed by atoms with E-state index in [1.807, 2.05) is 13.0 Å². The lowest BCUT2D eigenvalue weighted by atomic mass is 10.1. The molecule has 0 spiro atoms. The SMILES string of the molecule is CCNC(=NCc1ccccc1S(=O)(=O)N(C)C)NCCOCCC(C)C.I. The molecule has 1 rings (SSSR count). The standard InChI is InChI=1S/C19H34N4O3S.HI/c1-6-20-19(21-12-14-26-13-11-16(2)3)22-15-17-9-7-8-10-18(17)27(24,25)23(4)5;/h7-10,16H,6,11-15H2,1-5H3,(H2,20,21,22);1H. The average Bonchev–Trinajstić information content (AvgIpc) is 2.62. The largest absolute Gasteiger partial charge is 0.380 e. The number of halogens is 1. The van der Waals surface area contributed by atoms with Crippen LogP contribution < -0.4 is 10.6 Å². The van der Waals surface area contributed by atoms with Crippen molar-refractivity contribution in [1.82, 2.24) is 14.9 Å². The van der Waals surface area contributed by atoms with E-state index in [0.717, 1.165) is 19.6 Å². The Balaban J connectivity index is 0.00000729. The van der Waals surface area contributed by atoms with Gasteiger partial charge < -0.3 is 15.4 Å². The van der Waals surface area contributed by atoms with Gasteiger partial charge in [-0.15, -0.1) is 24.0 Å². The van der Waals surface area contributed by atoms with E-state index in [0.29, 0.717) is 30.6 Å². The summed E-state index contributed by atoms with van der Waals surface area (Å²) in [6.07, 6.45) is 1.05. The summed E-state index contributed by atoms with van der Waals surface area (Å²) in [4.78, 5) is 4.80. The van der Waals surface area contributed by atoms with E-state index in [1.165, 1.54) is 18.4 Å². The minimum atomic E-state index is -3.50. The average molecular weight is 526 g/mol. The van der Waals surface area contributed by atoms with Gasteiger partial charge in [0.15, 0.2) is 5.96 Å². The molecule has 0 saturated carbocycles. The van der Waals surface area contributed by atoms with Gasteiger partial charge in [0.05, 0.1) is 18.0 Å². The summed E-state index contributed by atoms with van der Waals surface area (Å²) in [5.74, 6) is 1.28. The van der Waals surface area contributed by atoms with Crippen molar-refractivity contribution in [2.24, 2.45) is 10.9 Å². The molecule has 0 heterocycles. The molecule has 0 fully saturated rings. The molecule has 9 heteroatoms. The second-order valence-corrected chi connectivity index (χ2v) is 8.93. The van der Waals surface area contributed by atoms with Gasteiger partial charge in [0, 0.05) is 33.8 Å². The summed E-state index contributed by atoms with van der Waals surface area (Å²) in [6, 6.07) is 6.95. The first-order valence-corrected chi connectivity index (χ1v) is 10.8. The summed E-state index contributed by atoms with van der Waals surface area (Å²) in [5, 5.41) is 6.38. The zero-order chi connectivity index (χ0) is 20.3. The van der Waals surface area contributed by atoms with Crippen molar-refractivity contribution in [3.05, 3.63) is 29.8 Å². The Bertz CT molecular complexity index is 694. The van der Waals surface area contributed by atoms with E-state index in [2.05, 4.69) is 29.5 Å². The van der Waals surface area contributed by atoms with Crippen molar-refractivity contribution in [3.8, 4) is 0 Å². The lowest BCUT2D eigenvalue weighted by molar-refractivity contribution is 0.128. The van der Waals surface area contributed by atoms with Crippen molar-refractivity contribution in [2.45, 2.75) is 38.6 Å². The van der Waals surface area contributed by atoms with Crippen molar-refractivity contribution < 1.29 is 13.2 Å². The minimum absolute atomic E-state index is 0. The van der Waals surface area contributed by atoms with Crippen LogP contribution in [0.2, 0.25) is 0 Å². The number of guanidine groups is 1. The first-order valence-electron chi connectivity index (χ1n) is 9.39. The molecule has 0 aromatic heterocycles. The molecule has 7 nitrogen and oxygen atoms in total. The quantitative estimate of drug-likeness (QED) is 0.201. The van der Waals surface area contributed by atoms with Crippen LogP contribution in [0.5, 0.6) is 0 Å². The third kappa shape index (κ3) is 9.53. The van der Waals surface area contributed by atoms with Crippen LogP contribution in [0.3, 0.4) is 0 Å². The smallest absolute Gasteiger partial charge is 0.242 e. The summed E-state index contributed by atoms with van der Waals surface area (Å²) >= 11 is 0. The Morgan fingerprint density at radius 3 is 2.46 bits per heavy atom. The molecule has 0 bridgehead atoms. The Morgan fingerprint density at radius 2 is 1.86 bits per heavy atom. The fraction of sp³-hybridized carbons (Fsp3) is 0.632. The highest BCUT2D eigenvalue weighted by Gasteiger charge is 2.20. The molecule has 0 unspecified atom stereocenters. The number of rotatable bonds is 11. The van der Waals surface area contributed by atoms with Gasteiger partial charge in [0.1, 0.15) is 0 Å². The molecular formula is C19H35IN4O3S. The van der Waals surface area contributed by atoms with Crippen LogP contribution in [0.15, 0.2) is 34.2 Å². The number of nitrogens with zero attached hydrogens (tertiary/aromatic N) is 2. The zero-order valence-corrected chi connectivity index (χ0v) is 20.7. The Hall–Kier alpha value is -0.910. The van der Waals surface area contributed by atoms with E-state index in [4.69, 9.17) is 4.74 Å². The molecule has 0 aliphatic heterocycles. The van der Waals surface area contributed by atoms with E-state index >= 15 is 0 Å². The van der Waals surface area contributed by atoms with Crippen LogP contribution in [-0.4, -0.2) is 59.1 Å². The lowest BCUT2D eigenvalue weighted by Crippen LogP contribution is -2.39. The van der Waals surface area contributed by atoms with Crippen molar-refractivity contribution in [3.63, 3.8) is 0 Å². The molecule has 1 aromatic carbocycles. The van der Waals surface area contributed by atoms with Gasteiger partial charge in [0.25, 0.3) is 0 Å². The Labute approximate surface area is 187 Å². The predicted molar refractivity (Wildman–Crippen MR) is 126 cm³/mol. The molecule has 0 aliphatic carbocycles. The van der Waals surface area contributed by atoms with E-state index < -0.39 is 10.0 Å².